The van der Waals surface area contributed by atoms with Gasteiger partial charge in [-0.25, -0.2) is 0 Å². The van der Waals surface area contributed by atoms with Crippen LogP contribution in [0.15, 0.2) is 0 Å². The molecular weight excluding hydrogens is 364 g/mol. The average molecular weight is 398 g/mol. The van der Waals surface area contributed by atoms with E-state index in [0.717, 1.165) is 6.42 Å². The van der Waals surface area contributed by atoms with Crippen LogP contribution < -0.4 is 0 Å². The van der Waals surface area contributed by atoms with E-state index in [-0.39, 0.29) is 5.97 Å². The van der Waals surface area contributed by atoms with Gasteiger partial charge in [0.15, 0.2) is 0 Å². The Morgan fingerprint density at radius 1 is 0.800 bits per heavy atom. The third kappa shape index (κ3) is 16.3. The third-order valence-electron chi connectivity index (χ3n) is 3.54. The van der Waals surface area contributed by atoms with Crippen LogP contribution in [0, 0.1) is 0 Å². The summed E-state index contributed by atoms with van der Waals surface area (Å²) in [5.41, 5.74) is 0. The Morgan fingerprint density at radius 2 is 1.30 bits per heavy atom. The van der Waals surface area contributed by atoms with Crippen LogP contribution >= 0.6 is 0 Å². The van der Waals surface area contributed by atoms with Gasteiger partial charge in [-0.3, -0.25) is 0 Å². The molecule has 0 aromatic heterocycles. The first-order valence-electron chi connectivity index (χ1n) is 8.45. The van der Waals surface area contributed by atoms with Crippen LogP contribution in [0.5, 0.6) is 0 Å². The average Bonchev–Trinajstić information content (AvgIpc) is 2.47. The molecule has 2 nitrogen and oxygen atoms in total. The molecule has 0 aliphatic rings. The van der Waals surface area contributed by atoms with Crippen LogP contribution in [0.25, 0.3) is 0 Å². The summed E-state index contributed by atoms with van der Waals surface area (Å²) in [4.78, 5) is 10.9. The second-order valence-corrected chi connectivity index (χ2v) is 8.97. The summed E-state index contributed by atoms with van der Waals surface area (Å²) < 4.78 is 7.71. The number of esters is 1. The molecule has 0 fully saturated rings. The van der Waals surface area contributed by atoms with Gasteiger partial charge in [0, 0.05) is 0 Å². The van der Waals surface area contributed by atoms with E-state index in [0.29, 0.717) is 27.3 Å². The van der Waals surface area contributed by atoms with Crippen LogP contribution in [0.2, 0.25) is 8.94 Å². The molecule has 0 unspecified atom stereocenters. The first kappa shape index (κ1) is 20.3. The van der Waals surface area contributed by atoms with Gasteiger partial charge in [-0.05, 0) is 0 Å². The van der Waals surface area contributed by atoms with Crippen molar-refractivity contribution in [2.24, 2.45) is 0 Å². The van der Waals surface area contributed by atoms with Crippen LogP contribution in [0.4, 0.5) is 0 Å². The van der Waals surface area contributed by atoms with Crippen LogP contribution in [-0.4, -0.2) is 34.0 Å². The van der Waals surface area contributed by atoms with Crippen LogP contribution in [0.3, 0.4) is 0 Å². The van der Waals surface area contributed by atoms with E-state index < -0.39 is 0 Å². The predicted octanol–water partition coefficient (Wildman–Crippen LogP) is 5.40. The normalized spacial score (nSPS) is 10.7. The fraction of sp³-hybridized carbons (Fsp3) is 0.941. The third-order valence-corrected chi connectivity index (χ3v) is 6.84. The number of ether oxygens (including phenoxy) is 1. The molecule has 0 N–H and O–H groups in total. The van der Waals surface area contributed by atoms with Gasteiger partial charge in [0.1, 0.15) is 0 Å². The molecular formula is C17H34O2Te. The van der Waals surface area contributed by atoms with E-state index in [4.69, 9.17) is 0 Å². The van der Waals surface area contributed by atoms with Crippen molar-refractivity contribution in [1.82, 2.24) is 0 Å². The van der Waals surface area contributed by atoms with E-state index in [1.807, 2.05) is 0 Å². The number of unbranched alkanes of at least 4 members (excludes halogenated alkanes) is 9. The Hall–Kier alpha value is 0.260. The Balaban J connectivity index is 2.97. The fourth-order valence-electron chi connectivity index (χ4n) is 2.19. The van der Waals surface area contributed by atoms with Gasteiger partial charge in [-0.1, -0.05) is 0 Å². The van der Waals surface area contributed by atoms with Crippen molar-refractivity contribution < 1.29 is 9.53 Å². The SMILES string of the molecule is CCCCCCCC[Te]CCCCCCCC(=O)OC. The molecule has 0 amide bonds. The number of hydrogen-bond donors (Lipinski definition) is 0. The summed E-state index contributed by atoms with van der Waals surface area (Å²) in [6.07, 6.45) is 15.5. The first-order valence-corrected chi connectivity index (χ1v) is 11.8. The Morgan fingerprint density at radius 3 is 1.85 bits per heavy atom. The second kappa shape index (κ2) is 17.3. The van der Waals surface area contributed by atoms with Gasteiger partial charge in [-0.2, -0.15) is 0 Å². The molecule has 20 heavy (non-hydrogen) atoms. The first-order chi connectivity index (χ1) is 9.81. The summed E-state index contributed by atoms with van der Waals surface area (Å²) in [6, 6.07) is 0. The van der Waals surface area contributed by atoms with Crippen LogP contribution in [0.1, 0.15) is 84.0 Å². The van der Waals surface area contributed by atoms with Crippen molar-refractivity contribution in [2.75, 3.05) is 7.11 Å². The summed E-state index contributed by atoms with van der Waals surface area (Å²) in [7, 11) is 1.47. The van der Waals surface area contributed by atoms with Gasteiger partial charge in [0.2, 0.25) is 0 Å². The Bertz CT molecular complexity index is 207. The number of carbonyl (C=O) groups excluding carboxylic acids is 1. The minimum atomic E-state index is -0.0594. The topological polar surface area (TPSA) is 26.3 Å². The molecule has 0 aromatic rings. The van der Waals surface area contributed by atoms with Crippen LogP contribution in [-0.2, 0) is 9.53 Å². The number of rotatable bonds is 15. The van der Waals surface area contributed by atoms with Gasteiger partial charge in [0.25, 0.3) is 0 Å². The molecule has 0 heterocycles. The van der Waals surface area contributed by atoms with Gasteiger partial charge < -0.3 is 0 Å². The van der Waals surface area contributed by atoms with Crippen molar-refractivity contribution >= 4 is 26.9 Å². The molecule has 0 aliphatic carbocycles. The summed E-state index contributed by atoms with van der Waals surface area (Å²) in [5, 5.41) is 0. The summed E-state index contributed by atoms with van der Waals surface area (Å²) in [6.45, 7) is 2.28. The Kier molecular flexibility index (Phi) is 17.5. The van der Waals surface area contributed by atoms with E-state index in [1.165, 1.54) is 75.8 Å². The van der Waals surface area contributed by atoms with Crippen molar-refractivity contribution in [3.05, 3.63) is 0 Å². The molecule has 0 saturated heterocycles. The molecule has 0 saturated carbocycles. The molecule has 3 heteroatoms. The van der Waals surface area contributed by atoms with Gasteiger partial charge in [0.05, 0.1) is 0 Å². The minimum absolute atomic E-state index is 0.0594. The molecule has 120 valence electrons. The molecule has 0 bridgehead atoms. The van der Waals surface area contributed by atoms with E-state index in [9.17, 15) is 4.79 Å². The zero-order chi connectivity index (χ0) is 14.9. The maximum absolute atomic E-state index is 10.9. The zero-order valence-corrected chi connectivity index (χ0v) is 16.0. The standard InChI is InChI=1S/C17H34O2Te/c1-3-4-5-6-9-12-15-20-16-13-10-7-8-11-14-17(18)19-2/h3-16H2,1-2H3. The van der Waals surface area contributed by atoms with E-state index >= 15 is 0 Å². The second-order valence-electron chi connectivity index (χ2n) is 5.47. The maximum atomic E-state index is 10.9. The van der Waals surface area contributed by atoms with Crippen molar-refractivity contribution in [3.63, 3.8) is 0 Å². The Labute approximate surface area is 136 Å². The molecule has 0 aliphatic heterocycles. The van der Waals surface area contributed by atoms with E-state index in [1.54, 1.807) is 4.47 Å². The molecule has 0 aromatic carbocycles. The predicted molar refractivity (Wildman–Crippen MR) is 88.5 cm³/mol. The van der Waals surface area contributed by atoms with Gasteiger partial charge >= 0.3 is 136 Å². The van der Waals surface area contributed by atoms with Gasteiger partial charge in [-0.15, -0.1) is 0 Å². The molecule has 0 spiro atoms. The number of methoxy groups -OCH3 is 1. The van der Waals surface area contributed by atoms with E-state index in [2.05, 4.69) is 11.7 Å². The molecule has 0 radical (unpaired) electrons. The number of carbonyl (C=O) groups is 1. The van der Waals surface area contributed by atoms with Crippen molar-refractivity contribution in [1.29, 1.82) is 0 Å². The zero-order valence-electron chi connectivity index (χ0n) is 13.6. The number of hydrogen-bond acceptors (Lipinski definition) is 2. The fourth-order valence-corrected chi connectivity index (χ4v) is 5.11. The van der Waals surface area contributed by atoms with Crippen molar-refractivity contribution in [3.8, 4) is 0 Å². The molecule has 0 rings (SSSR count). The summed E-state index contributed by atoms with van der Waals surface area (Å²) in [5.74, 6) is -0.0594. The monoisotopic (exact) mass is 400 g/mol. The summed E-state index contributed by atoms with van der Waals surface area (Å²) >= 11 is 0.317. The quantitative estimate of drug-likeness (QED) is 0.210. The van der Waals surface area contributed by atoms with Crippen molar-refractivity contribution in [2.45, 2.75) is 92.9 Å². The molecule has 0 atom stereocenters.